The largest absolute Gasteiger partial charge is 0.0651 e. The van der Waals surface area contributed by atoms with E-state index in [0.29, 0.717) is 0 Å². The molecule has 2 fully saturated rings. The van der Waals surface area contributed by atoms with Gasteiger partial charge in [-0.25, -0.2) is 0 Å². The molecule has 0 aliphatic heterocycles. The Morgan fingerprint density at radius 3 is 1.88 bits per heavy atom. The van der Waals surface area contributed by atoms with Crippen LogP contribution in [0.25, 0.3) is 0 Å². The summed E-state index contributed by atoms with van der Waals surface area (Å²) in [6.07, 6.45) is 8.95. The molecule has 6 unspecified atom stereocenters. The predicted molar refractivity (Wildman–Crippen MR) is 71.3 cm³/mol. The van der Waals surface area contributed by atoms with Gasteiger partial charge in [-0.1, -0.05) is 40.5 Å². The van der Waals surface area contributed by atoms with E-state index in [9.17, 15) is 0 Å². The van der Waals surface area contributed by atoms with Crippen LogP contribution >= 0.6 is 0 Å². The Kier molecular flexibility index (Phi) is 3.97. The summed E-state index contributed by atoms with van der Waals surface area (Å²) in [5.41, 5.74) is 0. The van der Waals surface area contributed by atoms with E-state index < -0.39 is 0 Å². The molecule has 94 valence electrons. The highest BCUT2D eigenvalue weighted by molar-refractivity contribution is 4.90. The van der Waals surface area contributed by atoms with Crippen LogP contribution in [0.3, 0.4) is 0 Å². The van der Waals surface area contributed by atoms with Gasteiger partial charge in [0.1, 0.15) is 0 Å². The average Bonchev–Trinajstić information content (AvgIpc) is 2.24. The van der Waals surface area contributed by atoms with Crippen LogP contribution in [0.2, 0.25) is 0 Å². The Labute approximate surface area is 102 Å². The molecule has 2 rings (SSSR count). The molecule has 0 amide bonds. The second kappa shape index (κ2) is 5.10. The van der Waals surface area contributed by atoms with E-state index in [-0.39, 0.29) is 0 Å². The molecule has 2 aliphatic rings. The molecule has 0 saturated heterocycles. The fraction of sp³-hybridized carbons (Fsp3) is 1.00. The van der Waals surface area contributed by atoms with Gasteiger partial charge < -0.3 is 0 Å². The molecule has 0 aromatic heterocycles. The summed E-state index contributed by atoms with van der Waals surface area (Å²) in [6.45, 7) is 9.68. The average molecular weight is 222 g/mol. The van der Waals surface area contributed by atoms with Gasteiger partial charge in [-0.3, -0.25) is 0 Å². The van der Waals surface area contributed by atoms with E-state index in [1.807, 2.05) is 0 Å². The molecular weight excluding hydrogens is 192 g/mol. The van der Waals surface area contributed by atoms with Crippen molar-refractivity contribution in [3.8, 4) is 0 Å². The molecule has 6 atom stereocenters. The maximum absolute atomic E-state index is 2.47. The third kappa shape index (κ3) is 2.17. The SMILES string of the molecule is CCC1CC(C)C1CCC1CC(C)C1CC. The number of rotatable bonds is 5. The Bertz CT molecular complexity index is 220. The molecule has 0 heteroatoms. The van der Waals surface area contributed by atoms with E-state index in [4.69, 9.17) is 0 Å². The van der Waals surface area contributed by atoms with Gasteiger partial charge in [-0.05, 0) is 61.2 Å². The fourth-order valence-electron chi connectivity index (χ4n) is 4.66. The first-order valence-electron chi connectivity index (χ1n) is 7.67. The maximum atomic E-state index is 2.47. The molecule has 0 N–H and O–H groups in total. The Balaban J connectivity index is 1.71. The second-order valence-corrected chi connectivity index (χ2v) is 6.67. The third-order valence-electron chi connectivity index (χ3n) is 5.89. The molecule has 2 saturated carbocycles. The van der Waals surface area contributed by atoms with Crippen molar-refractivity contribution >= 4 is 0 Å². The standard InChI is InChI=1S/C16H30/c1-5-13-9-12(4)16(13)8-7-14-10-11(3)15(14)6-2/h11-16H,5-10H2,1-4H3. The highest BCUT2D eigenvalue weighted by Gasteiger charge is 2.40. The molecule has 0 aromatic carbocycles. The smallest absolute Gasteiger partial charge is 0.0360 e. The van der Waals surface area contributed by atoms with Crippen molar-refractivity contribution in [2.75, 3.05) is 0 Å². The molecule has 0 heterocycles. The van der Waals surface area contributed by atoms with Crippen LogP contribution in [0.1, 0.15) is 66.2 Å². The van der Waals surface area contributed by atoms with Crippen molar-refractivity contribution in [3.05, 3.63) is 0 Å². The van der Waals surface area contributed by atoms with Gasteiger partial charge in [0.25, 0.3) is 0 Å². The quantitative estimate of drug-likeness (QED) is 0.605. The van der Waals surface area contributed by atoms with Gasteiger partial charge in [0.15, 0.2) is 0 Å². The van der Waals surface area contributed by atoms with Crippen molar-refractivity contribution in [2.45, 2.75) is 66.2 Å². The van der Waals surface area contributed by atoms with Crippen LogP contribution in [0.15, 0.2) is 0 Å². The summed E-state index contributed by atoms with van der Waals surface area (Å²) in [4.78, 5) is 0. The van der Waals surface area contributed by atoms with E-state index in [2.05, 4.69) is 27.7 Å². The predicted octanol–water partition coefficient (Wildman–Crippen LogP) is 5.13. The normalized spacial score (nSPS) is 47.2. The Morgan fingerprint density at radius 1 is 0.750 bits per heavy atom. The number of hydrogen-bond acceptors (Lipinski definition) is 0. The maximum Gasteiger partial charge on any atom is -0.0360 e. The summed E-state index contributed by atoms with van der Waals surface area (Å²) < 4.78 is 0. The number of hydrogen-bond donors (Lipinski definition) is 0. The fourth-order valence-corrected chi connectivity index (χ4v) is 4.66. The summed E-state index contributed by atoms with van der Waals surface area (Å²) in [7, 11) is 0. The summed E-state index contributed by atoms with van der Waals surface area (Å²) in [5.74, 6) is 6.37. The topological polar surface area (TPSA) is 0 Å². The van der Waals surface area contributed by atoms with Crippen LogP contribution < -0.4 is 0 Å². The van der Waals surface area contributed by atoms with Crippen molar-refractivity contribution in [1.82, 2.24) is 0 Å². The van der Waals surface area contributed by atoms with Crippen LogP contribution in [0.5, 0.6) is 0 Å². The first-order valence-corrected chi connectivity index (χ1v) is 7.67. The zero-order chi connectivity index (χ0) is 11.7. The molecule has 0 nitrogen and oxygen atoms in total. The van der Waals surface area contributed by atoms with Gasteiger partial charge in [-0.2, -0.15) is 0 Å². The van der Waals surface area contributed by atoms with Gasteiger partial charge >= 0.3 is 0 Å². The molecule has 0 aromatic rings. The van der Waals surface area contributed by atoms with Crippen molar-refractivity contribution in [3.63, 3.8) is 0 Å². The van der Waals surface area contributed by atoms with Gasteiger partial charge in [0, 0.05) is 0 Å². The first kappa shape index (κ1) is 12.5. The van der Waals surface area contributed by atoms with Crippen LogP contribution in [0, 0.1) is 35.5 Å². The van der Waals surface area contributed by atoms with Crippen molar-refractivity contribution in [2.24, 2.45) is 35.5 Å². The van der Waals surface area contributed by atoms with Crippen molar-refractivity contribution < 1.29 is 0 Å². The first-order chi connectivity index (χ1) is 7.67. The zero-order valence-corrected chi connectivity index (χ0v) is 11.7. The van der Waals surface area contributed by atoms with Crippen molar-refractivity contribution in [1.29, 1.82) is 0 Å². The van der Waals surface area contributed by atoms with Crippen LogP contribution in [-0.4, -0.2) is 0 Å². The lowest BCUT2D eigenvalue weighted by Crippen LogP contribution is -2.38. The van der Waals surface area contributed by atoms with E-state index in [1.165, 1.54) is 38.5 Å². The van der Waals surface area contributed by atoms with Crippen LogP contribution in [-0.2, 0) is 0 Å². The lowest BCUT2D eigenvalue weighted by molar-refractivity contribution is 0.0296. The van der Waals surface area contributed by atoms with Gasteiger partial charge in [0.2, 0.25) is 0 Å². The van der Waals surface area contributed by atoms with Gasteiger partial charge in [0.05, 0.1) is 0 Å². The molecule has 16 heavy (non-hydrogen) atoms. The van der Waals surface area contributed by atoms with E-state index in [1.54, 1.807) is 0 Å². The molecule has 0 bridgehead atoms. The molecule has 0 spiro atoms. The second-order valence-electron chi connectivity index (χ2n) is 6.67. The van der Waals surface area contributed by atoms with E-state index in [0.717, 1.165) is 35.5 Å². The Morgan fingerprint density at radius 2 is 1.38 bits per heavy atom. The minimum atomic E-state index is 1.02. The van der Waals surface area contributed by atoms with E-state index >= 15 is 0 Å². The summed E-state index contributed by atoms with van der Waals surface area (Å²) in [5, 5.41) is 0. The van der Waals surface area contributed by atoms with Crippen LogP contribution in [0.4, 0.5) is 0 Å². The summed E-state index contributed by atoms with van der Waals surface area (Å²) in [6, 6.07) is 0. The third-order valence-corrected chi connectivity index (χ3v) is 5.89. The zero-order valence-electron chi connectivity index (χ0n) is 11.7. The highest BCUT2D eigenvalue weighted by atomic mass is 14.5. The monoisotopic (exact) mass is 222 g/mol. The molecular formula is C16H30. The Hall–Kier alpha value is 0. The minimum Gasteiger partial charge on any atom is -0.0651 e. The minimum absolute atomic E-state index is 1.02. The highest BCUT2D eigenvalue weighted by Crippen LogP contribution is 2.49. The molecule has 2 aliphatic carbocycles. The molecule has 0 radical (unpaired) electrons. The lowest BCUT2D eigenvalue weighted by Gasteiger charge is -2.47. The summed E-state index contributed by atoms with van der Waals surface area (Å²) >= 11 is 0. The lowest BCUT2D eigenvalue weighted by atomic mass is 9.58. The van der Waals surface area contributed by atoms with Gasteiger partial charge in [-0.15, -0.1) is 0 Å².